The van der Waals surface area contributed by atoms with E-state index in [4.69, 9.17) is 4.74 Å². The van der Waals surface area contributed by atoms with E-state index in [0.717, 1.165) is 38.5 Å². The molecule has 3 heteroatoms. The fourth-order valence-corrected chi connectivity index (χ4v) is 2.47. The molecule has 144 valence electrons. The van der Waals surface area contributed by atoms with E-state index in [9.17, 15) is 4.79 Å². The number of hydrogen-bond acceptors (Lipinski definition) is 3. The van der Waals surface area contributed by atoms with Crippen LogP contribution in [0.5, 0.6) is 0 Å². The van der Waals surface area contributed by atoms with E-state index >= 15 is 0 Å². The van der Waals surface area contributed by atoms with Crippen LogP contribution in [0.1, 0.15) is 77.6 Å². The lowest BCUT2D eigenvalue weighted by Crippen LogP contribution is -2.08. The summed E-state index contributed by atoms with van der Waals surface area (Å²) < 4.78 is 10.2. The highest BCUT2D eigenvalue weighted by atomic mass is 16.5. The smallest absolute Gasteiger partial charge is 0.305 e. The molecule has 0 aliphatic heterocycles. The first kappa shape index (κ1) is 23.6. The van der Waals surface area contributed by atoms with Crippen molar-refractivity contribution in [1.82, 2.24) is 0 Å². The predicted molar refractivity (Wildman–Crippen MR) is 107 cm³/mol. The van der Waals surface area contributed by atoms with E-state index in [2.05, 4.69) is 48.1 Å². The molecule has 0 aromatic heterocycles. The molecule has 0 saturated carbocycles. The van der Waals surface area contributed by atoms with Crippen LogP contribution < -0.4 is 0 Å². The third-order valence-corrected chi connectivity index (χ3v) is 4.11. The maximum absolute atomic E-state index is 11.0. The average molecular weight is 351 g/mol. The Bertz CT molecular complexity index is 383. The molecule has 0 heterocycles. The molecule has 0 aliphatic rings. The lowest BCUT2D eigenvalue weighted by atomic mass is 10.1. The molecular formula is C22H38O3. The molecule has 0 saturated heterocycles. The number of methoxy groups -OCH3 is 2. The van der Waals surface area contributed by atoms with Crippen molar-refractivity contribution >= 4 is 5.97 Å². The molecule has 3 nitrogen and oxygen atoms in total. The number of hydrogen-bond donors (Lipinski definition) is 0. The normalized spacial score (nSPS) is 13.2. The van der Waals surface area contributed by atoms with Crippen molar-refractivity contribution in [3.05, 3.63) is 36.5 Å². The van der Waals surface area contributed by atoms with Crippen LogP contribution in [-0.2, 0) is 14.3 Å². The quantitative estimate of drug-likeness (QED) is 0.190. The molecule has 0 rings (SSSR count). The van der Waals surface area contributed by atoms with Crippen LogP contribution in [0.25, 0.3) is 0 Å². The van der Waals surface area contributed by atoms with Gasteiger partial charge in [-0.3, -0.25) is 4.79 Å². The fraction of sp³-hybridized carbons (Fsp3) is 0.682. The van der Waals surface area contributed by atoms with Crippen molar-refractivity contribution in [3.63, 3.8) is 0 Å². The van der Waals surface area contributed by atoms with Gasteiger partial charge in [0.2, 0.25) is 0 Å². The Morgan fingerprint density at radius 2 is 1.56 bits per heavy atom. The largest absolute Gasteiger partial charge is 0.469 e. The molecule has 0 aromatic carbocycles. The van der Waals surface area contributed by atoms with Crippen molar-refractivity contribution < 1.29 is 14.3 Å². The fourth-order valence-electron chi connectivity index (χ4n) is 2.47. The molecule has 0 radical (unpaired) electrons. The molecule has 25 heavy (non-hydrogen) atoms. The zero-order valence-corrected chi connectivity index (χ0v) is 16.5. The first-order valence-electron chi connectivity index (χ1n) is 9.79. The van der Waals surface area contributed by atoms with Crippen molar-refractivity contribution in [2.45, 2.75) is 83.7 Å². The second kappa shape index (κ2) is 19.0. The van der Waals surface area contributed by atoms with Gasteiger partial charge in [0.25, 0.3) is 0 Å². The molecule has 0 bridgehead atoms. The molecule has 0 aliphatic carbocycles. The minimum atomic E-state index is -0.128. The van der Waals surface area contributed by atoms with E-state index in [1.807, 2.05) is 0 Å². The lowest BCUT2D eigenvalue weighted by Gasteiger charge is -2.11. The number of ether oxygens (including phenoxy) is 2. The number of esters is 1. The maximum Gasteiger partial charge on any atom is 0.305 e. The minimum Gasteiger partial charge on any atom is -0.469 e. The van der Waals surface area contributed by atoms with Gasteiger partial charge in [-0.05, 0) is 51.4 Å². The Hall–Kier alpha value is -1.35. The summed E-state index contributed by atoms with van der Waals surface area (Å²) >= 11 is 0. The van der Waals surface area contributed by atoms with E-state index in [-0.39, 0.29) is 5.97 Å². The molecule has 1 atom stereocenters. The minimum absolute atomic E-state index is 0.128. The Labute approximate surface area is 155 Å². The average Bonchev–Trinajstić information content (AvgIpc) is 2.63. The standard InChI is InChI=1S/C22H38O3/c1-4-5-6-7-12-15-18-21(24-2)19-16-13-10-8-9-11-14-17-20-22(23)25-3/h9-13,15,21H,4-8,14,16-20H2,1-3H3/t21-/m0/s1. The molecule has 0 aromatic rings. The highest BCUT2D eigenvalue weighted by molar-refractivity contribution is 5.69. The zero-order valence-electron chi connectivity index (χ0n) is 16.5. The summed E-state index contributed by atoms with van der Waals surface area (Å²) in [6, 6.07) is 0. The highest BCUT2D eigenvalue weighted by Gasteiger charge is 2.02. The van der Waals surface area contributed by atoms with E-state index < -0.39 is 0 Å². The summed E-state index contributed by atoms with van der Waals surface area (Å²) in [5, 5.41) is 0. The Morgan fingerprint density at radius 1 is 0.880 bits per heavy atom. The van der Waals surface area contributed by atoms with Gasteiger partial charge in [-0.2, -0.15) is 0 Å². The monoisotopic (exact) mass is 350 g/mol. The molecule has 0 spiro atoms. The molecule has 0 amide bonds. The van der Waals surface area contributed by atoms with Crippen molar-refractivity contribution in [2.24, 2.45) is 0 Å². The third kappa shape index (κ3) is 17.3. The highest BCUT2D eigenvalue weighted by Crippen LogP contribution is 2.09. The van der Waals surface area contributed by atoms with Gasteiger partial charge in [0.05, 0.1) is 13.2 Å². The Morgan fingerprint density at radius 3 is 2.24 bits per heavy atom. The second-order valence-electron chi connectivity index (χ2n) is 6.28. The van der Waals surface area contributed by atoms with Crippen molar-refractivity contribution in [2.75, 3.05) is 14.2 Å². The van der Waals surface area contributed by atoms with Gasteiger partial charge in [0.1, 0.15) is 0 Å². The topological polar surface area (TPSA) is 35.5 Å². The maximum atomic E-state index is 11.0. The number of rotatable bonds is 16. The van der Waals surface area contributed by atoms with E-state index in [1.54, 1.807) is 7.11 Å². The number of allylic oxidation sites excluding steroid dienone is 5. The summed E-state index contributed by atoms with van der Waals surface area (Å²) in [6.07, 6.45) is 25.1. The number of unbranched alkanes of at least 4 members (excludes halogenated alkanes) is 4. The SMILES string of the molecule is CCCCCC=CC[C@@H](CCC=CCC=CCCCC(=O)OC)OC. The number of carbonyl (C=O) groups is 1. The second-order valence-corrected chi connectivity index (χ2v) is 6.28. The summed E-state index contributed by atoms with van der Waals surface area (Å²) in [6.45, 7) is 2.24. The molecule has 0 N–H and O–H groups in total. The van der Waals surface area contributed by atoms with Crippen molar-refractivity contribution in [1.29, 1.82) is 0 Å². The summed E-state index contributed by atoms with van der Waals surface area (Å²) in [5.74, 6) is -0.128. The molecule has 0 fully saturated rings. The molecule has 0 unspecified atom stereocenters. The predicted octanol–water partition coefficient (Wildman–Crippen LogP) is 6.15. The summed E-state index contributed by atoms with van der Waals surface area (Å²) in [5.41, 5.74) is 0. The van der Waals surface area contributed by atoms with E-state index in [1.165, 1.54) is 32.8 Å². The van der Waals surface area contributed by atoms with Gasteiger partial charge in [-0.25, -0.2) is 0 Å². The molecular weight excluding hydrogens is 312 g/mol. The lowest BCUT2D eigenvalue weighted by molar-refractivity contribution is -0.140. The van der Waals surface area contributed by atoms with E-state index in [0.29, 0.717) is 12.5 Å². The van der Waals surface area contributed by atoms with Crippen LogP contribution in [0.2, 0.25) is 0 Å². The van der Waals surface area contributed by atoms with Gasteiger partial charge in [-0.15, -0.1) is 0 Å². The van der Waals surface area contributed by atoms with Crippen LogP contribution in [0.3, 0.4) is 0 Å². The first-order chi connectivity index (χ1) is 12.2. The summed E-state index contributed by atoms with van der Waals surface area (Å²) in [7, 11) is 3.23. The van der Waals surface area contributed by atoms with Crippen LogP contribution >= 0.6 is 0 Å². The van der Waals surface area contributed by atoms with Crippen LogP contribution in [0.4, 0.5) is 0 Å². The number of carbonyl (C=O) groups excluding carboxylic acids is 1. The third-order valence-electron chi connectivity index (χ3n) is 4.11. The Balaban J connectivity index is 3.64. The van der Waals surface area contributed by atoms with Crippen LogP contribution in [0.15, 0.2) is 36.5 Å². The summed E-state index contributed by atoms with van der Waals surface area (Å²) in [4.78, 5) is 11.0. The van der Waals surface area contributed by atoms with Crippen molar-refractivity contribution in [3.8, 4) is 0 Å². The van der Waals surface area contributed by atoms with Gasteiger partial charge in [-0.1, -0.05) is 56.2 Å². The van der Waals surface area contributed by atoms with Gasteiger partial charge < -0.3 is 9.47 Å². The van der Waals surface area contributed by atoms with Gasteiger partial charge >= 0.3 is 5.97 Å². The Kier molecular flexibility index (Phi) is 18.0. The van der Waals surface area contributed by atoms with Crippen LogP contribution in [-0.4, -0.2) is 26.3 Å². The first-order valence-corrected chi connectivity index (χ1v) is 9.79. The zero-order chi connectivity index (χ0) is 18.6. The van der Waals surface area contributed by atoms with Crippen LogP contribution in [0, 0.1) is 0 Å². The van der Waals surface area contributed by atoms with Gasteiger partial charge in [0.15, 0.2) is 0 Å². The van der Waals surface area contributed by atoms with Gasteiger partial charge in [0, 0.05) is 13.5 Å².